The highest BCUT2D eigenvalue weighted by atomic mass is 19.4. The summed E-state index contributed by atoms with van der Waals surface area (Å²) in [7, 11) is 0. The summed E-state index contributed by atoms with van der Waals surface area (Å²) in [5.41, 5.74) is -28.4. The number of esters is 1. The number of alkyl halides is 24. The van der Waals surface area contributed by atoms with Gasteiger partial charge in [0.1, 0.15) is 11.9 Å². The van der Waals surface area contributed by atoms with Crippen molar-refractivity contribution < 1.29 is 124 Å². The molecule has 0 spiro atoms. The molecule has 0 radical (unpaired) electrons. The molecule has 436 valence electrons. The molecule has 1 heterocycles. The molecule has 0 saturated heterocycles. The molecule has 0 amide bonds. The minimum atomic E-state index is -6.13. The molecule has 0 saturated carbocycles. The molecule has 0 fully saturated rings. The predicted molar refractivity (Wildman–Crippen MR) is 241 cm³/mol. The molecule has 30 heteroatoms. The predicted octanol–water partition coefficient (Wildman–Crippen LogP) is 14.0. The number of hydrogen-bond donors (Lipinski definition) is 0. The maximum atomic E-state index is 14.2. The van der Waals surface area contributed by atoms with Gasteiger partial charge in [0.05, 0.1) is 50.7 Å². The van der Waals surface area contributed by atoms with Crippen LogP contribution in [0.3, 0.4) is 0 Å². The van der Waals surface area contributed by atoms with Gasteiger partial charge in [0.2, 0.25) is 24.2 Å². The highest BCUT2D eigenvalue weighted by molar-refractivity contribution is 7.20. The van der Waals surface area contributed by atoms with Gasteiger partial charge in [0.25, 0.3) is 0 Å². The van der Waals surface area contributed by atoms with E-state index in [1.807, 2.05) is 37.3 Å². The van der Waals surface area contributed by atoms with Gasteiger partial charge in [0.15, 0.2) is 6.20 Å². The van der Waals surface area contributed by atoms with Crippen LogP contribution in [0.5, 0.6) is 5.75 Å². The van der Waals surface area contributed by atoms with Crippen molar-refractivity contribution in [2.45, 2.75) is 62.9 Å². The highest BCUT2D eigenvalue weighted by Gasteiger charge is 2.47. The van der Waals surface area contributed by atoms with Crippen molar-refractivity contribution in [2.24, 2.45) is 0 Å². The summed E-state index contributed by atoms with van der Waals surface area (Å²) in [6.45, 7) is 2.04. The Labute approximate surface area is 444 Å². The van der Waals surface area contributed by atoms with Crippen LogP contribution in [0.25, 0.3) is 0 Å². The van der Waals surface area contributed by atoms with E-state index in [1.165, 1.54) is 12.4 Å². The highest BCUT2D eigenvalue weighted by Crippen LogP contribution is 2.41. The molecule has 5 nitrogen and oxygen atoms in total. The lowest BCUT2D eigenvalue weighted by Crippen LogP contribution is -2.75. The number of benzene rings is 6. The van der Waals surface area contributed by atoms with Crippen LogP contribution in [0.2, 0.25) is 0 Å². The van der Waals surface area contributed by atoms with Crippen molar-refractivity contribution in [1.29, 1.82) is 0 Å². The smallest absolute Gasteiger partial charge is 0.416 e. The molecular weight excluding hydrogens is 1170 g/mol. The second kappa shape index (κ2) is 22.3. The summed E-state index contributed by atoms with van der Waals surface area (Å²) in [5, 5.41) is 0. The maximum absolute atomic E-state index is 14.2. The van der Waals surface area contributed by atoms with Crippen molar-refractivity contribution in [2.75, 3.05) is 0 Å². The Morgan fingerprint density at radius 3 is 1.04 bits per heavy atom. The second-order valence-electron chi connectivity index (χ2n) is 17.8. The number of carbonyl (C=O) groups excluding carboxylic acids is 2. The fourth-order valence-electron chi connectivity index (χ4n) is 8.43. The molecule has 0 atom stereocenters. The van der Waals surface area contributed by atoms with Gasteiger partial charge in [-0.3, -0.25) is 4.79 Å². The van der Waals surface area contributed by atoms with Gasteiger partial charge in [-0.25, -0.2) is 9.78 Å². The average Bonchev–Trinajstić information content (AvgIpc) is 3.56. The van der Waals surface area contributed by atoms with Crippen LogP contribution < -0.4 is 31.2 Å². The number of hydrogen-bond acceptors (Lipinski definition) is 4. The Balaban J connectivity index is 0.000000357. The first-order chi connectivity index (χ1) is 37.4. The number of aryl methyl sites for hydroxylation is 1. The molecular formula is C52H29BF24N2O3. The van der Waals surface area contributed by atoms with E-state index in [0.717, 1.165) is 5.56 Å². The van der Waals surface area contributed by atoms with Gasteiger partial charge in [-0.15, -0.1) is 0 Å². The number of ether oxygens (including phenoxy) is 1. The molecule has 0 N–H and O–H groups in total. The Hall–Kier alpha value is -8.08. The second-order valence-corrected chi connectivity index (χ2v) is 17.8. The number of Topliss-reactive ketones (excluding diaryl/α,β-unsaturated/α-hetero) is 1. The van der Waals surface area contributed by atoms with E-state index in [4.69, 9.17) is 4.74 Å². The van der Waals surface area contributed by atoms with Crippen LogP contribution >= 0.6 is 0 Å². The molecule has 82 heavy (non-hydrogen) atoms. The van der Waals surface area contributed by atoms with Gasteiger partial charge >= 0.3 is 55.4 Å². The fraction of sp³-hybridized carbons (Fsp3) is 0.192. The van der Waals surface area contributed by atoms with Gasteiger partial charge in [0, 0.05) is 5.56 Å². The molecule has 1 aromatic heterocycles. The van der Waals surface area contributed by atoms with E-state index in [2.05, 4.69) is 4.98 Å². The van der Waals surface area contributed by atoms with E-state index in [0.29, 0.717) is 11.3 Å². The Morgan fingerprint density at radius 1 is 0.427 bits per heavy atom. The topological polar surface area (TPSA) is 60.1 Å². The molecule has 0 aliphatic heterocycles. The molecule has 0 aliphatic carbocycles. The monoisotopic (exact) mass is 1200 g/mol. The quantitative estimate of drug-likeness (QED) is 0.0361. The van der Waals surface area contributed by atoms with Crippen LogP contribution in [-0.4, -0.2) is 22.9 Å². The van der Waals surface area contributed by atoms with Crippen LogP contribution in [0.15, 0.2) is 146 Å². The Morgan fingerprint density at radius 2 is 0.744 bits per heavy atom. The fourth-order valence-corrected chi connectivity index (χ4v) is 8.43. The molecule has 7 aromatic rings. The van der Waals surface area contributed by atoms with Crippen LogP contribution in [0.1, 0.15) is 70.9 Å². The number of carbonyl (C=O) groups is 2. The zero-order valence-electron chi connectivity index (χ0n) is 40.3. The third-order valence-corrected chi connectivity index (χ3v) is 12.0. The first-order valence-corrected chi connectivity index (χ1v) is 22.5. The summed E-state index contributed by atoms with van der Waals surface area (Å²) in [6.07, 6.45) is -50.2. The largest absolute Gasteiger partial charge is 0.422 e. The molecule has 0 unspecified atom stereocenters. The average molecular weight is 1200 g/mol. The summed E-state index contributed by atoms with van der Waals surface area (Å²) < 4.78 is 348. The third kappa shape index (κ3) is 14.9. The normalized spacial score (nSPS) is 13.1. The molecule has 7 rings (SSSR count). The SMILES string of the molecule is Cc1cccc(OC(=O)c2c[n+](CC(=O)c3ccccc3)ccn2)c1.FC(F)(F)c1cc([B-](c2cc(C(F)(F)F)cc(C(F)(F)F)c2)(c2cc(C(F)(F)F)cc(C(F)(F)F)c2)c2cc(C(F)(F)F)cc(C(F)(F)F)c2)cc(C(F)(F)F)c1. The zero-order chi connectivity index (χ0) is 61.6. The summed E-state index contributed by atoms with van der Waals surface area (Å²) >= 11 is 0. The number of rotatable bonds is 9. The summed E-state index contributed by atoms with van der Waals surface area (Å²) in [6, 6.07) is 7.41. The first kappa shape index (κ1) is 63.1. The molecule has 0 bridgehead atoms. The van der Waals surface area contributed by atoms with Crippen LogP contribution in [0.4, 0.5) is 105 Å². The van der Waals surface area contributed by atoms with Crippen molar-refractivity contribution in [1.82, 2.24) is 4.98 Å². The lowest BCUT2D eigenvalue weighted by atomic mass is 9.12. The standard InChI is InChI=1S/C32H12BF24.C20H17N2O3/c34-25(35,36)13-1-14(26(37,38)39)6-21(5-13)33(22-7-15(27(40,41)42)2-16(8-22)28(43,44)45,23-9-17(29(46,47)48)3-18(10-23)30(49,50)51)24-11-19(31(52,53)54)4-20(12-24)32(55,56)57;1-15-6-5-9-17(12-15)25-20(24)18-13-22(11-10-21-18)14-19(23)16-7-3-2-4-8-16/h1-12H;2-13H,14H2,1H3/q-1;+1. The van der Waals surface area contributed by atoms with Gasteiger partial charge in [-0.05, 0) is 48.9 Å². The van der Waals surface area contributed by atoms with Gasteiger partial charge < -0.3 is 4.74 Å². The first-order valence-electron chi connectivity index (χ1n) is 22.5. The zero-order valence-corrected chi connectivity index (χ0v) is 40.3. The third-order valence-electron chi connectivity index (χ3n) is 12.0. The van der Waals surface area contributed by atoms with E-state index >= 15 is 0 Å². The van der Waals surface area contributed by atoms with E-state index in [1.54, 1.807) is 35.0 Å². The number of halogens is 24. The van der Waals surface area contributed by atoms with E-state index in [-0.39, 0.29) is 18.0 Å². The Bertz CT molecular complexity index is 3050. The lowest BCUT2D eigenvalue weighted by Gasteiger charge is -2.46. The van der Waals surface area contributed by atoms with Gasteiger partial charge in [-0.1, -0.05) is 91.0 Å². The van der Waals surface area contributed by atoms with Crippen molar-refractivity contribution >= 4 is 39.7 Å². The molecule has 0 aliphatic rings. The molecule has 6 aromatic carbocycles. The van der Waals surface area contributed by atoms with Crippen LogP contribution in [-0.2, 0) is 56.0 Å². The van der Waals surface area contributed by atoms with Crippen molar-refractivity contribution in [3.8, 4) is 5.75 Å². The number of aromatic nitrogens is 2. The van der Waals surface area contributed by atoms with E-state index in [9.17, 15) is 115 Å². The summed E-state index contributed by atoms with van der Waals surface area (Å²) in [5.74, 6) is -0.149. The maximum Gasteiger partial charge on any atom is 0.416 e. The number of nitrogens with zero attached hydrogens (tertiary/aromatic N) is 2. The van der Waals surface area contributed by atoms with Gasteiger partial charge in [-0.2, -0.15) is 132 Å². The minimum absolute atomic E-state index is 0.0465. The van der Waals surface area contributed by atoms with Crippen molar-refractivity contribution in [3.63, 3.8) is 0 Å². The lowest BCUT2D eigenvalue weighted by molar-refractivity contribution is -0.683. The van der Waals surface area contributed by atoms with E-state index < -0.39 is 201 Å². The Kier molecular flexibility index (Phi) is 17.2. The number of ketones is 1. The van der Waals surface area contributed by atoms with Crippen molar-refractivity contribution in [3.05, 3.63) is 207 Å². The summed E-state index contributed by atoms with van der Waals surface area (Å²) in [4.78, 5) is 28.5. The minimum Gasteiger partial charge on any atom is -0.422 e. The van der Waals surface area contributed by atoms with Crippen LogP contribution in [0, 0.1) is 6.92 Å².